The first kappa shape index (κ1) is 11.0. The van der Waals surface area contributed by atoms with Crippen molar-refractivity contribution in [3.63, 3.8) is 0 Å². The van der Waals surface area contributed by atoms with Crippen LogP contribution >= 0.6 is 0 Å². The van der Waals surface area contributed by atoms with E-state index in [1.807, 2.05) is 0 Å². The first-order valence-corrected chi connectivity index (χ1v) is 6.25. The number of hydrogen-bond donors (Lipinski definition) is 4. The Labute approximate surface area is 65.2 Å². The molecule has 0 aromatic carbocycles. The minimum atomic E-state index is -4.76. The van der Waals surface area contributed by atoms with E-state index in [4.69, 9.17) is 18.9 Å². The van der Waals surface area contributed by atoms with Gasteiger partial charge in [0.15, 0.2) is 4.87 Å². The third kappa shape index (κ3) is 3.27. The van der Waals surface area contributed by atoms with Gasteiger partial charge in [-0.05, 0) is 6.42 Å². The summed E-state index contributed by atoms with van der Waals surface area (Å²) in [4.78, 5) is 23.7. The van der Waals surface area contributed by atoms with Gasteiger partial charge in [-0.25, -0.2) is 0 Å². The van der Waals surface area contributed by atoms with Crippen LogP contribution in [0.3, 0.4) is 0 Å². The standard InChI is InChI=1S/C3H10O6SSi/c1-2-3(10(4,5)6)11(7,8)9/h3,7-9H,2H2,1H3,(H,4,5,6)/t3-/m1/s1. The molecule has 0 aliphatic rings. The lowest BCUT2D eigenvalue weighted by Gasteiger charge is -2.17. The lowest BCUT2D eigenvalue weighted by atomic mass is 10.6. The molecule has 0 bridgehead atoms. The quantitative estimate of drug-likeness (QED) is 0.314. The topological polar surface area (TPSA) is 115 Å². The Balaban J connectivity index is 4.72. The maximum atomic E-state index is 10.3. The zero-order chi connectivity index (χ0) is 9.28. The maximum Gasteiger partial charge on any atom is 0.514 e. The largest absolute Gasteiger partial charge is 0.514 e. The van der Waals surface area contributed by atoms with Gasteiger partial charge >= 0.3 is 8.80 Å². The highest BCUT2D eigenvalue weighted by Crippen LogP contribution is 2.10. The maximum absolute atomic E-state index is 10.3. The fourth-order valence-electron chi connectivity index (χ4n) is 0.684. The van der Waals surface area contributed by atoms with Crippen molar-refractivity contribution in [1.82, 2.24) is 0 Å². The molecule has 11 heavy (non-hydrogen) atoms. The molecule has 4 N–H and O–H groups in total. The predicted molar refractivity (Wildman–Crippen MR) is 38.0 cm³/mol. The highest BCUT2D eigenvalue weighted by Gasteiger charge is 2.46. The molecule has 6 nitrogen and oxygen atoms in total. The first-order chi connectivity index (χ1) is 4.69. The average molecular weight is 202 g/mol. The highest BCUT2D eigenvalue weighted by atomic mass is 32.2. The third-order valence-electron chi connectivity index (χ3n) is 1.16. The van der Waals surface area contributed by atoms with Gasteiger partial charge in [-0.1, -0.05) is 6.92 Å². The predicted octanol–water partition coefficient (Wildman–Crippen LogP) is -1.89. The summed E-state index contributed by atoms with van der Waals surface area (Å²) in [6, 6.07) is 0. The van der Waals surface area contributed by atoms with E-state index in [1.54, 1.807) is 0 Å². The summed E-state index contributed by atoms with van der Waals surface area (Å²) in [6.07, 6.45) is -0.242. The minimum Gasteiger partial charge on any atom is -0.389 e. The molecule has 0 aliphatic carbocycles. The van der Waals surface area contributed by atoms with Crippen LogP contribution in [0.5, 0.6) is 0 Å². The molecule has 0 saturated carbocycles. The van der Waals surface area contributed by atoms with E-state index in [-0.39, 0.29) is 6.42 Å². The highest BCUT2D eigenvalue weighted by molar-refractivity contribution is 7.88. The average Bonchev–Trinajstić information content (AvgIpc) is 1.56. The van der Waals surface area contributed by atoms with Crippen molar-refractivity contribution in [2.24, 2.45) is 0 Å². The molecule has 0 radical (unpaired) electrons. The molecule has 0 aromatic rings. The zero-order valence-corrected chi connectivity index (χ0v) is 7.61. The lowest BCUT2D eigenvalue weighted by molar-refractivity contribution is 0.220. The molecule has 0 spiro atoms. The van der Waals surface area contributed by atoms with Gasteiger partial charge in [-0.15, -0.1) is 0 Å². The van der Waals surface area contributed by atoms with Crippen LogP contribution in [-0.4, -0.2) is 41.0 Å². The van der Waals surface area contributed by atoms with Crippen LogP contribution in [-0.2, 0) is 10.1 Å². The molecule has 68 valence electrons. The van der Waals surface area contributed by atoms with E-state index in [1.165, 1.54) is 6.92 Å². The van der Waals surface area contributed by atoms with E-state index in [2.05, 4.69) is 0 Å². The van der Waals surface area contributed by atoms with Gasteiger partial charge in [-0.3, -0.25) is 4.55 Å². The van der Waals surface area contributed by atoms with Crippen LogP contribution in [0.25, 0.3) is 0 Å². The van der Waals surface area contributed by atoms with E-state index >= 15 is 0 Å². The molecule has 0 saturated heterocycles. The second-order valence-corrected chi connectivity index (χ2v) is 6.19. The molecule has 0 aliphatic heterocycles. The molecule has 0 unspecified atom stereocenters. The molecule has 0 fully saturated rings. The number of rotatable bonds is 3. The van der Waals surface area contributed by atoms with Gasteiger partial charge in [0.2, 0.25) is 0 Å². The van der Waals surface area contributed by atoms with Gasteiger partial charge in [0, 0.05) is 0 Å². The molecule has 0 heterocycles. The van der Waals surface area contributed by atoms with E-state index in [0.29, 0.717) is 0 Å². The van der Waals surface area contributed by atoms with Gasteiger partial charge < -0.3 is 14.4 Å². The zero-order valence-electron chi connectivity index (χ0n) is 5.80. The van der Waals surface area contributed by atoms with Crippen LogP contribution in [0, 0.1) is 0 Å². The summed E-state index contributed by atoms with van der Waals surface area (Å²) in [5.74, 6) is 0. The molecule has 0 amide bonds. The minimum absolute atomic E-state index is 0.242. The molecular weight excluding hydrogens is 192 g/mol. The summed E-state index contributed by atoms with van der Waals surface area (Å²) in [5, 5.41) is 0. The van der Waals surface area contributed by atoms with Gasteiger partial charge in [-0.2, -0.15) is 8.42 Å². The molecule has 0 rings (SSSR count). The summed E-state index contributed by atoms with van der Waals surface area (Å²) < 4.78 is 29.0. The van der Waals surface area contributed by atoms with Crippen molar-refractivity contribution in [1.29, 1.82) is 0 Å². The SMILES string of the molecule is CC[C@@H]([Si](O)(O)O)S(=O)(=O)O. The van der Waals surface area contributed by atoms with Crippen LogP contribution in [0.1, 0.15) is 13.3 Å². The van der Waals surface area contributed by atoms with Crippen molar-refractivity contribution in [3.8, 4) is 0 Å². The Hall–Kier alpha value is 0.00688. The summed E-state index contributed by atoms with van der Waals surface area (Å²) in [5.41, 5.74) is 0. The van der Waals surface area contributed by atoms with E-state index in [9.17, 15) is 8.42 Å². The second-order valence-electron chi connectivity index (χ2n) is 2.10. The van der Waals surface area contributed by atoms with Crippen molar-refractivity contribution in [3.05, 3.63) is 0 Å². The van der Waals surface area contributed by atoms with Crippen molar-refractivity contribution < 1.29 is 27.4 Å². The summed E-state index contributed by atoms with van der Waals surface area (Å²) in [6.45, 7) is 1.31. The van der Waals surface area contributed by atoms with Crippen molar-refractivity contribution >= 4 is 18.9 Å². The summed E-state index contributed by atoms with van der Waals surface area (Å²) in [7, 11) is -9.32. The van der Waals surface area contributed by atoms with Crippen LogP contribution in [0.2, 0.25) is 0 Å². The Morgan fingerprint density at radius 1 is 1.36 bits per heavy atom. The van der Waals surface area contributed by atoms with Gasteiger partial charge in [0.1, 0.15) is 0 Å². The smallest absolute Gasteiger partial charge is 0.389 e. The lowest BCUT2D eigenvalue weighted by Crippen LogP contribution is -2.52. The Morgan fingerprint density at radius 3 is 1.73 bits per heavy atom. The van der Waals surface area contributed by atoms with E-state index in [0.717, 1.165) is 0 Å². The van der Waals surface area contributed by atoms with Crippen LogP contribution < -0.4 is 0 Å². The van der Waals surface area contributed by atoms with E-state index < -0.39 is 23.8 Å². The monoisotopic (exact) mass is 202 g/mol. The molecule has 0 aromatic heterocycles. The fourth-order valence-corrected chi connectivity index (χ4v) is 3.25. The van der Waals surface area contributed by atoms with Crippen molar-refractivity contribution in [2.45, 2.75) is 18.2 Å². The van der Waals surface area contributed by atoms with Gasteiger partial charge in [0.05, 0.1) is 0 Å². The van der Waals surface area contributed by atoms with Crippen LogP contribution in [0.4, 0.5) is 0 Å². The normalized spacial score (nSPS) is 16.5. The van der Waals surface area contributed by atoms with Gasteiger partial charge in [0.25, 0.3) is 10.1 Å². The Bertz CT molecular complexity index is 214. The first-order valence-electron chi connectivity index (χ1n) is 2.83. The van der Waals surface area contributed by atoms with Crippen LogP contribution in [0.15, 0.2) is 0 Å². The third-order valence-corrected chi connectivity index (χ3v) is 5.33. The Kier molecular flexibility index (Phi) is 3.17. The Morgan fingerprint density at radius 2 is 1.73 bits per heavy atom. The second kappa shape index (κ2) is 3.17. The number of hydrogen-bond acceptors (Lipinski definition) is 5. The van der Waals surface area contributed by atoms with Crippen molar-refractivity contribution in [2.75, 3.05) is 0 Å². The molecule has 1 atom stereocenters. The molecule has 8 heteroatoms. The summed E-state index contributed by atoms with van der Waals surface area (Å²) >= 11 is 0. The fraction of sp³-hybridized carbons (Fsp3) is 1.00. The molecular formula is C3H10O6SSi.